The van der Waals surface area contributed by atoms with Crippen LogP contribution in [0.5, 0.6) is 0 Å². The minimum Gasteiger partial charge on any atom is -0.289 e. The van der Waals surface area contributed by atoms with Gasteiger partial charge in [0.15, 0.2) is 5.78 Å². The highest BCUT2D eigenvalue weighted by Gasteiger charge is 2.04. The first kappa shape index (κ1) is 13.6. The molecular weight excluding hydrogens is 215 g/mol. The highest BCUT2D eigenvalue weighted by atomic mass is 19.1. The van der Waals surface area contributed by atoms with E-state index in [2.05, 4.69) is 6.92 Å². The second kappa shape index (κ2) is 7.77. The number of rotatable bonds is 7. The van der Waals surface area contributed by atoms with Crippen molar-refractivity contribution in [3.8, 4) is 0 Å². The summed E-state index contributed by atoms with van der Waals surface area (Å²) in [5, 5.41) is 0. The zero-order chi connectivity index (χ0) is 12.5. The van der Waals surface area contributed by atoms with Gasteiger partial charge in [-0.2, -0.15) is 0 Å². The van der Waals surface area contributed by atoms with Crippen LogP contribution in [0.15, 0.2) is 42.5 Å². The molecule has 92 valence electrons. The van der Waals surface area contributed by atoms with E-state index in [-0.39, 0.29) is 5.78 Å². The van der Waals surface area contributed by atoms with E-state index in [9.17, 15) is 9.18 Å². The quantitative estimate of drug-likeness (QED) is 0.389. The summed E-state index contributed by atoms with van der Waals surface area (Å²) in [4.78, 5) is 11.6. The second-order valence-corrected chi connectivity index (χ2v) is 4.10. The van der Waals surface area contributed by atoms with Gasteiger partial charge in [0, 0.05) is 5.56 Å². The van der Waals surface area contributed by atoms with Crippen LogP contribution >= 0.6 is 0 Å². The number of unbranched alkanes of at least 4 members (excludes halogenated alkanes) is 2. The van der Waals surface area contributed by atoms with Gasteiger partial charge in [-0.05, 0) is 18.6 Å². The van der Waals surface area contributed by atoms with E-state index in [1.807, 2.05) is 6.07 Å². The van der Waals surface area contributed by atoms with E-state index in [1.165, 1.54) is 12.2 Å². The van der Waals surface area contributed by atoms with E-state index < -0.39 is 6.17 Å². The van der Waals surface area contributed by atoms with E-state index in [4.69, 9.17) is 0 Å². The highest BCUT2D eigenvalue weighted by Crippen LogP contribution is 2.09. The first-order chi connectivity index (χ1) is 8.24. The van der Waals surface area contributed by atoms with Gasteiger partial charge in [0.25, 0.3) is 0 Å². The summed E-state index contributed by atoms with van der Waals surface area (Å²) < 4.78 is 13.4. The normalized spacial score (nSPS) is 12.8. The first-order valence-electron chi connectivity index (χ1n) is 6.15. The minimum atomic E-state index is -1.01. The van der Waals surface area contributed by atoms with Crippen molar-refractivity contribution in [3.63, 3.8) is 0 Å². The zero-order valence-corrected chi connectivity index (χ0v) is 10.2. The maximum Gasteiger partial charge on any atom is 0.185 e. The van der Waals surface area contributed by atoms with Gasteiger partial charge >= 0.3 is 0 Å². The molecule has 0 fully saturated rings. The summed E-state index contributed by atoms with van der Waals surface area (Å²) in [6.45, 7) is 2.09. The minimum absolute atomic E-state index is 0.135. The van der Waals surface area contributed by atoms with Crippen molar-refractivity contribution in [2.75, 3.05) is 0 Å². The molecule has 1 rings (SSSR count). The molecule has 17 heavy (non-hydrogen) atoms. The third-order valence-corrected chi connectivity index (χ3v) is 2.60. The molecule has 0 N–H and O–H groups in total. The Kier molecular flexibility index (Phi) is 6.23. The maximum absolute atomic E-state index is 13.4. The van der Waals surface area contributed by atoms with E-state index in [0.717, 1.165) is 19.3 Å². The van der Waals surface area contributed by atoms with Gasteiger partial charge in [-0.25, -0.2) is 4.39 Å². The fourth-order valence-corrected chi connectivity index (χ4v) is 1.58. The van der Waals surface area contributed by atoms with Crippen LogP contribution in [0.2, 0.25) is 0 Å². The molecule has 0 saturated heterocycles. The molecule has 0 aliphatic rings. The summed E-state index contributed by atoms with van der Waals surface area (Å²) in [5.41, 5.74) is 0.601. The molecule has 0 bridgehead atoms. The topological polar surface area (TPSA) is 17.1 Å². The van der Waals surface area contributed by atoms with Crippen LogP contribution in [0.25, 0.3) is 0 Å². The van der Waals surface area contributed by atoms with Crippen LogP contribution in [0.1, 0.15) is 43.0 Å². The molecule has 0 radical (unpaired) electrons. The summed E-state index contributed by atoms with van der Waals surface area (Å²) in [6, 6.07) is 8.92. The third-order valence-electron chi connectivity index (χ3n) is 2.60. The Labute approximate surface area is 102 Å². The zero-order valence-electron chi connectivity index (χ0n) is 10.2. The van der Waals surface area contributed by atoms with Crippen molar-refractivity contribution in [2.24, 2.45) is 0 Å². The molecule has 0 amide bonds. The lowest BCUT2D eigenvalue weighted by molar-refractivity contribution is 0.104. The summed E-state index contributed by atoms with van der Waals surface area (Å²) in [6.07, 6.45) is 5.21. The Balaban J connectivity index is 2.40. The summed E-state index contributed by atoms with van der Waals surface area (Å²) >= 11 is 0. The second-order valence-electron chi connectivity index (χ2n) is 4.10. The molecule has 1 unspecified atom stereocenters. The lowest BCUT2D eigenvalue weighted by Gasteiger charge is -2.01. The Morgan fingerprint density at radius 3 is 2.65 bits per heavy atom. The fourth-order valence-electron chi connectivity index (χ4n) is 1.58. The molecule has 1 nitrogen and oxygen atoms in total. The van der Waals surface area contributed by atoms with Gasteiger partial charge in [-0.3, -0.25) is 4.79 Å². The molecule has 0 heterocycles. The van der Waals surface area contributed by atoms with Crippen LogP contribution in [0.4, 0.5) is 4.39 Å². The van der Waals surface area contributed by atoms with E-state index >= 15 is 0 Å². The number of alkyl halides is 1. The van der Waals surface area contributed by atoms with Crippen LogP contribution < -0.4 is 0 Å². The molecule has 1 aromatic carbocycles. The molecule has 1 atom stereocenters. The van der Waals surface area contributed by atoms with Gasteiger partial charge in [0.05, 0.1) is 0 Å². The van der Waals surface area contributed by atoms with Crippen molar-refractivity contribution < 1.29 is 9.18 Å². The predicted molar refractivity (Wildman–Crippen MR) is 69.0 cm³/mol. The molecule has 0 aromatic heterocycles. The monoisotopic (exact) mass is 234 g/mol. The number of allylic oxidation sites excluding steroid dienone is 2. The average Bonchev–Trinajstić information content (AvgIpc) is 2.37. The number of hydrogen-bond donors (Lipinski definition) is 0. The number of carbonyl (C=O) groups is 1. The molecule has 1 aromatic rings. The van der Waals surface area contributed by atoms with Gasteiger partial charge in [0.1, 0.15) is 6.17 Å². The van der Waals surface area contributed by atoms with Crippen LogP contribution in [-0.2, 0) is 0 Å². The summed E-state index contributed by atoms with van der Waals surface area (Å²) in [7, 11) is 0. The van der Waals surface area contributed by atoms with Crippen LogP contribution in [0.3, 0.4) is 0 Å². The lowest BCUT2D eigenvalue weighted by atomic mass is 10.1. The largest absolute Gasteiger partial charge is 0.289 e. The number of ketones is 1. The Bertz CT molecular complexity index is 356. The van der Waals surface area contributed by atoms with E-state index in [0.29, 0.717) is 12.0 Å². The SMILES string of the molecule is CCCCCC(F)/C=C/C(=O)c1ccccc1. The van der Waals surface area contributed by atoms with Crippen molar-refractivity contribution >= 4 is 5.78 Å². The Morgan fingerprint density at radius 1 is 1.29 bits per heavy atom. The lowest BCUT2D eigenvalue weighted by Crippen LogP contribution is -1.98. The fraction of sp³-hybridized carbons (Fsp3) is 0.400. The molecule has 0 saturated carbocycles. The van der Waals surface area contributed by atoms with Crippen molar-refractivity contribution in [1.82, 2.24) is 0 Å². The van der Waals surface area contributed by atoms with Gasteiger partial charge in [0.2, 0.25) is 0 Å². The van der Waals surface area contributed by atoms with Crippen molar-refractivity contribution in [1.29, 1.82) is 0 Å². The summed E-state index contributed by atoms with van der Waals surface area (Å²) in [5.74, 6) is -0.135. The molecule has 0 spiro atoms. The van der Waals surface area contributed by atoms with Gasteiger partial charge < -0.3 is 0 Å². The number of carbonyl (C=O) groups excluding carboxylic acids is 1. The van der Waals surface area contributed by atoms with Gasteiger partial charge in [-0.15, -0.1) is 0 Å². The third kappa shape index (κ3) is 5.43. The van der Waals surface area contributed by atoms with E-state index in [1.54, 1.807) is 24.3 Å². The first-order valence-corrected chi connectivity index (χ1v) is 6.15. The number of hydrogen-bond acceptors (Lipinski definition) is 1. The number of halogens is 1. The molecule has 0 aliphatic carbocycles. The Morgan fingerprint density at radius 2 is 2.00 bits per heavy atom. The Hall–Kier alpha value is -1.44. The molecule has 2 heteroatoms. The average molecular weight is 234 g/mol. The maximum atomic E-state index is 13.4. The van der Waals surface area contributed by atoms with Gasteiger partial charge in [-0.1, -0.05) is 56.5 Å². The predicted octanol–water partition coefficient (Wildman–Crippen LogP) is 4.34. The van der Waals surface area contributed by atoms with Crippen LogP contribution in [-0.4, -0.2) is 12.0 Å². The van der Waals surface area contributed by atoms with Crippen molar-refractivity contribution in [3.05, 3.63) is 48.0 Å². The standard InChI is InChI=1S/C15H19FO/c1-2-3-5-10-14(16)11-12-15(17)13-8-6-4-7-9-13/h4,6-9,11-12,14H,2-3,5,10H2,1H3/b12-11+. The molecular formula is C15H19FO. The highest BCUT2D eigenvalue weighted by molar-refractivity contribution is 6.04. The van der Waals surface area contributed by atoms with Crippen LogP contribution in [0, 0.1) is 0 Å². The van der Waals surface area contributed by atoms with Crippen molar-refractivity contribution in [2.45, 2.75) is 38.8 Å². The molecule has 0 aliphatic heterocycles. The number of benzene rings is 1. The smallest absolute Gasteiger partial charge is 0.185 e.